The van der Waals surface area contributed by atoms with Crippen molar-refractivity contribution >= 4 is 27.2 Å². The van der Waals surface area contributed by atoms with Gasteiger partial charge in [-0.15, -0.1) is 0 Å². The Bertz CT molecular complexity index is 810. The lowest BCUT2D eigenvalue weighted by Gasteiger charge is -2.05. The van der Waals surface area contributed by atoms with Crippen LogP contribution >= 0.6 is 11.6 Å². The Kier molecular flexibility index (Phi) is 4.20. The van der Waals surface area contributed by atoms with Crippen LogP contribution < -0.4 is 0 Å². The number of nitrogens with zero attached hydrogens (tertiary/aromatic N) is 2. The van der Waals surface area contributed by atoms with E-state index in [-0.39, 0.29) is 17.1 Å². The third-order valence-corrected chi connectivity index (χ3v) is 4.78. The third-order valence-electron chi connectivity index (χ3n) is 3.17. The van der Waals surface area contributed by atoms with E-state index in [4.69, 9.17) is 11.6 Å². The summed E-state index contributed by atoms with van der Waals surface area (Å²) in [5, 5.41) is 4.61. The summed E-state index contributed by atoms with van der Waals surface area (Å²) in [5.74, 6) is -0.203. The first-order valence-corrected chi connectivity index (χ1v) is 8.48. The van der Waals surface area contributed by atoms with Gasteiger partial charge in [-0.3, -0.25) is 9.48 Å². The summed E-state index contributed by atoms with van der Waals surface area (Å²) in [7, 11) is -1.62. The maximum absolute atomic E-state index is 12.3. The van der Waals surface area contributed by atoms with Crippen molar-refractivity contribution in [3.63, 3.8) is 0 Å². The topological polar surface area (TPSA) is 69.0 Å². The Balaban J connectivity index is 2.33. The Morgan fingerprint density at radius 1 is 1.38 bits per heavy atom. The monoisotopic (exact) mass is 326 g/mol. The molecule has 0 atom stereocenters. The fourth-order valence-electron chi connectivity index (χ4n) is 2.03. The molecule has 0 spiro atoms. The molecule has 0 aliphatic rings. The van der Waals surface area contributed by atoms with Crippen LogP contribution in [0.4, 0.5) is 0 Å². The minimum Gasteiger partial charge on any atom is -0.294 e. The predicted octanol–water partition coefficient (Wildman–Crippen LogP) is 2.21. The number of ketones is 1. The first kappa shape index (κ1) is 15.7. The number of hydrogen-bond acceptors (Lipinski definition) is 4. The summed E-state index contributed by atoms with van der Waals surface area (Å²) in [4.78, 5) is 12.4. The molecule has 0 saturated heterocycles. The van der Waals surface area contributed by atoms with E-state index in [1.54, 1.807) is 30.8 Å². The maximum Gasteiger partial charge on any atom is 0.175 e. The molecule has 1 aromatic carbocycles. The third kappa shape index (κ3) is 3.33. The largest absolute Gasteiger partial charge is 0.294 e. The fraction of sp³-hybridized carbons (Fsp3) is 0.286. The standard InChI is InChI=1S/C14H15ClN2O3S/c1-9-14(15)12(17(2)16-9)8-13(18)10-5-4-6-11(7-10)21(3,19)20/h4-7H,8H2,1-3H3. The molecule has 2 rings (SSSR count). The average molecular weight is 327 g/mol. The van der Waals surface area contributed by atoms with Crippen molar-refractivity contribution in [2.75, 3.05) is 6.26 Å². The summed E-state index contributed by atoms with van der Waals surface area (Å²) in [6.45, 7) is 1.76. The summed E-state index contributed by atoms with van der Waals surface area (Å²) in [6, 6.07) is 6.00. The summed E-state index contributed by atoms with van der Waals surface area (Å²) in [6.07, 6.45) is 1.18. The summed E-state index contributed by atoms with van der Waals surface area (Å²) < 4.78 is 24.6. The Hall–Kier alpha value is -1.66. The van der Waals surface area contributed by atoms with Crippen LogP contribution in [0.25, 0.3) is 0 Å². The van der Waals surface area contributed by atoms with E-state index in [1.807, 2.05) is 0 Å². The van der Waals surface area contributed by atoms with Crippen LogP contribution in [0.1, 0.15) is 21.7 Å². The van der Waals surface area contributed by atoms with Gasteiger partial charge in [0.15, 0.2) is 15.6 Å². The van der Waals surface area contributed by atoms with Gasteiger partial charge in [0.2, 0.25) is 0 Å². The van der Waals surface area contributed by atoms with Crippen LogP contribution in [0.3, 0.4) is 0 Å². The SMILES string of the molecule is Cc1nn(C)c(CC(=O)c2cccc(S(C)(=O)=O)c2)c1Cl. The molecule has 7 heteroatoms. The van der Waals surface area contributed by atoms with E-state index in [2.05, 4.69) is 5.10 Å². The van der Waals surface area contributed by atoms with Crippen molar-refractivity contribution < 1.29 is 13.2 Å². The highest BCUT2D eigenvalue weighted by Crippen LogP contribution is 2.21. The smallest absolute Gasteiger partial charge is 0.175 e. The molecule has 0 saturated carbocycles. The number of aromatic nitrogens is 2. The van der Waals surface area contributed by atoms with E-state index in [9.17, 15) is 13.2 Å². The maximum atomic E-state index is 12.3. The average Bonchev–Trinajstić information content (AvgIpc) is 2.64. The molecular formula is C14H15ClN2O3S. The lowest BCUT2D eigenvalue weighted by Crippen LogP contribution is -2.09. The molecule has 0 aliphatic carbocycles. The zero-order valence-corrected chi connectivity index (χ0v) is 13.5. The first-order valence-electron chi connectivity index (χ1n) is 6.21. The summed E-state index contributed by atoms with van der Waals surface area (Å²) in [5.41, 5.74) is 1.61. The zero-order valence-electron chi connectivity index (χ0n) is 11.9. The van der Waals surface area contributed by atoms with Crippen LogP contribution in [0, 0.1) is 6.92 Å². The van der Waals surface area contributed by atoms with Crippen molar-refractivity contribution in [2.45, 2.75) is 18.2 Å². The van der Waals surface area contributed by atoms with Crippen LogP contribution in [0.5, 0.6) is 0 Å². The minimum absolute atomic E-state index is 0.0728. The van der Waals surface area contributed by atoms with E-state index >= 15 is 0 Å². The number of sulfone groups is 1. The molecule has 0 unspecified atom stereocenters. The van der Waals surface area contributed by atoms with Crippen LogP contribution in [-0.2, 0) is 23.3 Å². The van der Waals surface area contributed by atoms with E-state index < -0.39 is 9.84 Å². The highest BCUT2D eigenvalue weighted by atomic mass is 35.5. The molecule has 0 radical (unpaired) electrons. The Morgan fingerprint density at radius 2 is 2.05 bits per heavy atom. The summed E-state index contributed by atoms with van der Waals surface area (Å²) >= 11 is 6.12. The van der Waals surface area contributed by atoms with Gasteiger partial charge < -0.3 is 0 Å². The Labute approximate surface area is 128 Å². The number of Topliss-reactive ketones (excluding diaryl/α,β-unsaturated/α-hetero) is 1. The normalized spacial score (nSPS) is 11.6. The molecule has 112 valence electrons. The van der Waals surface area contributed by atoms with Crippen molar-refractivity contribution in [2.24, 2.45) is 7.05 Å². The molecule has 0 fully saturated rings. The van der Waals surface area contributed by atoms with Crippen molar-refractivity contribution in [1.29, 1.82) is 0 Å². The molecule has 1 aromatic heterocycles. The van der Waals surface area contributed by atoms with E-state index in [1.165, 1.54) is 12.1 Å². The molecule has 0 bridgehead atoms. The number of halogens is 1. The second-order valence-electron chi connectivity index (χ2n) is 4.87. The molecule has 5 nitrogen and oxygen atoms in total. The second kappa shape index (κ2) is 5.61. The number of aryl methyl sites for hydroxylation is 2. The molecule has 21 heavy (non-hydrogen) atoms. The van der Waals surface area contributed by atoms with Gasteiger partial charge in [-0.2, -0.15) is 5.10 Å². The quantitative estimate of drug-likeness (QED) is 0.808. The minimum atomic E-state index is -3.34. The number of hydrogen-bond donors (Lipinski definition) is 0. The van der Waals surface area contributed by atoms with Gasteiger partial charge in [0, 0.05) is 18.9 Å². The molecule has 1 heterocycles. The van der Waals surface area contributed by atoms with Gasteiger partial charge in [0.1, 0.15) is 0 Å². The van der Waals surface area contributed by atoms with E-state index in [0.29, 0.717) is 22.0 Å². The lowest BCUT2D eigenvalue weighted by atomic mass is 10.1. The van der Waals surface area contributed by atoms with Gasteiger partial charge >= 0.3 is 0 Å². The molecule has 0 aliphatic heterocycles. The number of carbonyl (C=O) groups is 1. The van der Waals surface area contributed by atoms with Crippen molar-refractivity contribution in [1.82, 2.24) is 9.78 Å². The molecule has 2 aromatic rings. The predicted molar refractivity (Wildman–Crippen MR) is 80.5 cm³/mol. The van der Waals surface area contributed by atoms with Crippen LogP contribution in [0.2, 0.25) is 5.02 Å². The van der Waals surface area contributed by atoms with Crippen molar-refractivity contribution in [3.8, 4) is 0 Å². The highest BCUT2D eigenvalue weighted by Gasteiger charge is 2.17. The molecular weight excluding hydrogens is 312 g/mol. The van der Waals surface area contributed by atoms with Crippen molar-refractivity contribution in [3.05, 3.63) is 46.2 Å². The van der Waals surface area contributed by atoms with Gasteiger partial charge in [-0.25, -0.2) is 8.42 Å². The number of rotatable bonds is 4. The zero-order chi connectivity index (χ0) is 15.8. The molecule has 0 amide bonds. The highest BCUT2D eigenvalue weighted by molar-refractivity contribution is 7.90. The van der Waals surface area contributed by atoms with Gasteiger partial charge in [0.05, 0.1) is 27.7 Å². The van der Waals surface area contributed by atoms with Crippen LogP contribution in [0.15, 0.2) is 29.2 Å². The Morgan fingerprint density at radius 3 is 2.57 bits per heavy atom. The van der Waals surface area contributed by atoms with Crippen LogP contribution in [-0.4, -0.2) is 30.2 Å². The van der Waals surface area contributed by atoms with E-state index in [0.717, 1.165) is 6.26 Å². The number of benzene rings is 1. The van der Waals surface area contributed by atoms with Gasteiger partial charge in [0.25, 0.3) is 0 Å². The lowest BCUT2D eigenvalue weighted by molar-refractivity contribution is 0.0990. The fourth-order valence-corrected chi connectivity index (χ4v) is 2.92. The first-order chi connectivity index (χ1) is 9.70. The van der Waals surface area contributed by atoms with Gasteiger partial charge in [-0.1, -0.05) is 23.7 Å². The van der Waals surface area contributed by atoms with Gasteiger partial charge in [-0.05, 0) is 19.1 Å². The number of carbonyl (C=O) groups excluding carboxylic acids is 1. The second-order valence-corrected chi connectivity index (χ2v) is 7.26. The molecule has 0 N–H and O–H groups in total.